The summed E-state index contributed by atoms with van der Waals surface area (Å²) in [5.41, 5.74) is 1.26. The molecule has 0 aromatic heterocycles. The van der Waals surface area contributed by atoms with E-state index in [1.54, 1.807) is 0 Å². The van der Waals surface area contributed by atoms with Crippen LogP contribution < -0.4 is 15.4 Å². The number of benzene rings is 2. The molecule has 0 bridgehead atoms. The molecule has 0 fully saturated rings. The maximum atomic E-state index is 11.9. The van der Waals surface area contributed by atoms with Gasteiger partial charge >= 0.3 is 6.03 Å². The summed E-state index contributed by atoms with van der Waals surface area (Å²) in [6.07, 6.45) is 1.21. The summed E-state index contributed by atoms with van der Waals surface area (Å²) in [4.78, 5) is 11.9. The van der Waals surface area contributed by atoms with E-state index in [2.05, 4.69) is 10.6 Å². The lowest BCUT2D eigenvalue weighted by Crippen LogP contribution is -2.45. The van der Waals surface area contributed by atoms with Gasteiger partial charge in [0.1, 0.15) is 12.4 Å². The van der Waals surface area contributed by atoms with Crippen LogP contribution in [0, 0.1) is 0 Å². The van der Waals surface area contributed by atoms with Crippen LogP contribution in [0.1, 0.15) is 37.8 Å². The molecule has 0 radical (unpaired) electrons. The fraction of sp³-hybridized carbons (Fsp3) is 0.381. The summed E-state index contributed by atoms with van der Waals surface area (Å²) < 4.78 is 5.75. The van der Waals surface area contributed by atoms with Gasteiger partial charge in [-0.3, -0.25) is 0 Å². The van der Waals surface area contributed by atoms with Gasteiger partial charge in [-0.1, -0.05) is 56.3 Å². The number of aliphatic hydroxyl groups is 1. The van der Waals surface area contributed by atoms with Gasteiger partial charge < -0.3 is 20.5 Å². The van der Waals surface area contributed by atoms with Crippen LogP contribution in [0.15, 0.2) is 54.6 Å². The van der Waals surface area contributed by atoms with Gasteiger partial charge in [-0.15, -0.1) is 0 Å². The Labute approximate surface area is 155 Å². The van der Waals surface area contributed by atoms with E-state index in [1.165, 1.54) is 0 Å². The lowest BCUT2D eigenvalue weighted by Gasteiger charge is -2.25. The summed E-state index contributed by atoms with van der Waals surface area (Å²) in [5.74, 6) is 0.790. The first-order valence-electron chi connectivity index (χ1n) is 9.04. The summed E-state index contributed by atoms with van der Waals surface area (Å²) >= 11 is 0. The molecular weight excluding hydrogens is 328 g/mol. The highest BCUT2D eigenvalue weighted by molar-refractivity contribution is 5.73. The highest BCUT2D eigenvalue weighted by Gasteiger charge is 2.22. The Hall–Kier alpha value is -2.53. The maximum Gasteiger partial charge on any atom is 0.315 e. The smallest absolute Gasteiger partial charge is 0.315 e. The quantitative estimate of drug-likeness (QED) is 0.643. The molecule has 140 valence electrons. The molecule has 5 heteroatoms. The zero-order valence-corrected chi connectivity index (χ0v) is 15.5. The Morgan fingerprint density at radius 3 is 2.23 bits per heavy atom. The minimum atomic E-state index is -0.838. The number of carbonyl (C=O) groups is 1. The first-order chi connectivity index (χ1) is 12.5. The average Bonchev–Trinajstić information content (AvgIpc) is 2.70. The van der Waals surface area contributed by atoms with Gasteiger partial charge in [0.05, 0.1) is 5.60 Å². The number of ether oxygens (including phenoxy) is 1. The summed E-state index contributed by atoms with van der Waals surface area (Å²) in [5, 5.41) is 15.7. The van der Waals surface area contributed by atoms with Gasteiger partial charge in [-0.2, -0.15) is 0 Å². The third-order valence-electron chi connectivity index (χ3n) is 4.52. The maximum absolute atomic E-state index is 11.9. The Balaban J connectivity index is 1.74. The molecule has 0 unspecified atom stereocenters. The van der Waals surface area contributed by atoms with Crippen molar-refractivity contribution in [3.05, 3.63) is 65.7 Å². The van der Waals surface area contributed by atoms with E-state index in [9.17, 15) is 9.90 Å². The van der Waals surface area contributed by atoms with Crippen LogP contribution in [0.2, 0.25) is 0 Å². The first-order valence-corrected chi connectivity index (χ1v) is 9.04. The molecule has 2 aromatic rings. The second kappa shape index (κ2) is 9.82. The zero-order chi connectivity index (χ0) is 18.8. The van der Waals surface area contributed by atoms with Crippen molar-refractivity contribution in [2.75, 3.05) is 6.54 Å². The van der Waals surface area contributed by atoms with Crippen LogP contribution in [0.5, 0.6) is 5.75 Å². The number of carbonyl (C=O) groups excluding carboxylic acids is 1. The van der Waals surface area contributed by atoms with Crippen LogP contribution in [0.4, 0.5) is 4.79 Å². The largest absolute Gasteiger partial charge is 0.489 e. The van der Waals surface area contributed by atoms with Crippen molar-refractivity contribution in [3.8, 4) is 5.75 Å². The first kappa shape index (κ1) is 19.8. The molecule has 26 heavy (non-hydrogen) atoms. The molecule has 2 aromatic carbocycles. The average molecular weight is 356 g/mol. The normalized spacial score (nSPS) is 11.0. The topological polar surface area (TPSA) is 70.6 Å². The molecule has 2 amide bonds. The number of hydrogen-bond acceptors (Lipinski definition) is 3. The van der Waals surface area contributed by atoms with Gasteiger partial charge in [0.15, 0.2) is 0 Å². The van der Waals surface area contributed by atoms with Crippen molar-refractivity contribution in [1.29, 1.82) is 0 Å². The van der Waals surface area contributed by atoms with E-state index in [4.69, 9.17) is 4.74 Å². The second-order valence-electron chi connectivity index (χ2n) is 6.39. The monoisotopic (exact) mass is 356 g/mol. The van der Waals surface area contributed by atoms with Gasteiger partial charge in [0, 0.05) is 13.1 Å². The van der Waals surface area contributed by atoms with Crippen molar-refractivity contribution in [2.45, 2.75) is 45.4 Å². The Morgan fingerprint density at radius 2 is 1.62 bits per heavy atom. The number of hydrogen-bond donors (Lipinski definition) is 3. The van der Waals surface area contributed by atoms with Crippen molar-refractivity contribution in [1.82, 2.24) is 10.6 Å². The highest BCUT2D eigenvalue weighted by atomic mass is 16.5. The highest BCUT2D eigenvalue weighted by Crippen LogP contribution is 2.15. The van der Waals surface area contributed by atoms with E-state index >= 15 is 0 Å². The number of urea groups is 1. The second-order valence-corrected chi connectivity index (χ2v) is 6.39. The van der Waals surface area contributed by atoms with Crippen LogP contribution in [0.25, 0.3) is 0 Å². The van der Waals surface area contributed by atoms with Crippen molar-refractivity contribution >= 4 is 6.03 Å². The van der Waals surface area contributed by atoms with Crippen LogP contribution in [0.3, 0.4) is 0 Å². The van der Waals surface area contributed by atoms with Crippen LogP contribution >= 0.6 is 0 Å². The molecular formula is C21H28N2O3. The third kappa shape index (κ3) is 6.41. The lowest BCUT2D eigenvalue weighted by molar-refractivity contribution is 0.0349. The van der Waals surface area contributed by atoms with Crippen molar-refractivity contribution in [3.63, 3.8) is 0 Å². The molecule has 0 heterocycles. The zero-order valence-electron chi connectivity index (χ0n) is 15.5. The van der Waals surface area contributed by atoms with Crippen LogP contribution in [-0.4, -0.2) is 23.3 Å². The molecule has 0 saturated heterocycles. The minimum absolute atomic E-state index is 0.248. The molecule has 0 aliphatic rings. The van der Waals surface area contributed by atoms with E-state index in [0.29, 0.717) is 26.0 Å². The van der Waals surface area contributed by atoms with Gasteiger partial charge in [0.2, 0.25) is 0 Å². The van der Waals surface area contributed by atoms with Crippen molar-refractivity contribution < 1.29 is 14.6 Å². The van der Waals surface area contributed by atoms with E-state index < -0.39 is 5.60 Å². The molecule has 0 aliphatic carbocycles. The number of amides is 2. The fourth-order valence-corrected chi connectivity index (χ4v) is 2.43. The Kier molecular flexibility index (Phi) is 7.48. The molecule has 0 spiro atoms. The van der Waals surface area contributed by atoms with Crippen LogP contribution in [-0.2, 0) is 13.2 Å². The molecule has 0 aliphatic heterocycles. The molecule has 2 rings (SSSR count). The summed E-state index contributed by atoms with van der Waals surface area (Å²) in [7, 11) is 0. The number of rotatable bonds is 9. The molecule has 0 atom stereocenters. The predicted molar refractivity (Wildman–Crippen MR) is 103 cm³/mol. The summed E-state index contributed by atoms with van der Waals surface area (Å²) in [6.45, 7) is 5.01. The SMILES string of the molecule is CCC(O)(CC)CNC(=O)NCc1ccc(OCc2ccccc2)cc1. The number of nitrogens with one attached hydrogen (secondary N) is 2. The predicted octanol–water partition coefficient (Wildman–Crippen LogP) is 3.62. The van der Waals surface area contributed by atoms with Gasteiger partial charge in [-0.25, -0.2) is 4.79 Å². The van der Waals surface area contributed by atoms with Gasteiger partial charge in [-0.05, 0) is 36.1 Å². The summed E-state index contributed by atoms with van der Waals surface area (Å²) in [6, 6.07) is 17.4. The lowest BCUT2D eigenvalue weighted by atomic mass is 9.98. The fourth-order valence-electron chi connectivity index (χ4n) is 2.43. The van der Waals surface area contributed by atoms with Gasteiger partial charge in [0.25, 0.3) is 0 Å². The minimum Gasteiger partial charge on any atom is -0.489 e. The molecule has 0 saturated carbocycles. The van der Waals surface area contributed by atoms with E-state index in [-0.39, 0.29) is 12.6 Å². The van der Waals surface area contributed by atoms with E-state index in [0.717, 1.165) is 16.9 Å². The molecule has 5 nitrogen and oxygen atoms in total. The van der Waals surface area contributed by atoms with E-state index in [1.807, 2.05) is 68.4 Å². The molecule has 3 N–H and O–H groups in total. The van der Waals surface area contributed by atoms with Crippen molar-refractivity contribution in [2.24, 2.45) is 0 Å². The Morgan fingerprint density at radius 1 is 0.962 bits per heavy atom. The third-order valence-corrected chi connectivity index (χ3v) is 4.52. The Bertz CT molecular complexity index is 667. The standard InChI is InChI=1S/C21H28N2O3/c1-3-21(25,4-2)16-23-20(24)22-14-17-10-12-19(13-11-17)26-15-18-8-6-5-7-9-18/h5-13,25H,3-4,14-16H2,1-2H3,(H2,22,23,24).